The molecule has 138 valence electrons. The summed E-state index contributed by atoms with van der Waals surface area (Å²) in [6.45, 7) is 6.40. The predicted molar refractivity (Wildman–Crippen MR) is 103 cm³/mol. The summed E-state index contributed by atoms with van der Waals surface area (Å²) >= 11 is 6.02. The number of rotatable bonds is 6. The van der Waals surface area contributed by atoms with Gasteiger partial charge in [0.25, 0.3) is 0 Å². The minimum atomic E-state index is -0.349. The fraction of sp³-hybridized carbons (Fsp3) is 0.650. The normalized spacial score (nSPS) is 21.4. The van der Waals surface area contributed by atoms with Crippen LogP contribution in [-0.4, -0.2) is 62.0 Å². The molecular formula is C20H30ClN3O. The maximum Gasteiger partial charge on any atom is 0.230 e. The molecular weight excluding hydrogens is 334 g/mol. The molecule has 0 bridgehead atoms. The SMILES string of the molecule is CN1CCN(CCCNC(=O)C2(c3ccc(Cl)cc3)CCCC2)CC1. The standard InChI is InChI=1S/C20H30ClN3O/c1-23-13-15-24(16-14-23)12-4-11-22-19(25)20(9-2-3-10-20)17-5-7-18(21)8-6-17/h5-8H,2-4,9-16H2,1H3,(H,22,25). The van der Waals surface area contributed by atoms with E-state index in [-0.39, 0.29) is 11.3 Å². The number of nitrogens with one attached hydrogen (secondary N) is 1. The summed E-state index contributed by atoms with van der Waals surface area (Å²) < 4.78 is 0. The number of amides is 1. The molecule has 1 amide bonds. The van der Waals surface area contributed by atoms with Crippen LogP contribution in [0.4, 0.5) is 0 Å². The second-order valence-electron chi connectivity index (χ2n) is 7.55. The van der Waals surface area contributed by atoms with Gasteiger partial charge >= 0.3 is 0 Å². The molecule has 0 unspecified atom stereocenters. The number of likely N-dealkylation sites (N-methyl/N-ethyl adjacent to an activating group) is 1. The predicted octanol–water partition coefficient (Wildman–Crippen LogP) is 2.91. The van der Waals surface area contributed by atoms with E-state index < -0.39 is 0 Å². The maximum atomic E-state index is 13.0. The van der Waals surface area contributed by atoms with E-state index in [1.807, 2.05) is 24.3 Å². The van der Waals surface area contributed by atoms with Crippen LogP contribution in [0.25, 0.3) is 0 Å². The first-order valence-electron chi connectivity index (χ1n) is 9.55. The van der Waals surface area contributed by atoms with E-state index in [1.54, 1.807) is 0 Å². The van der Waals surface area contributed by atoms with Crippen LogP contribution in [0.1, 0.15) is 37.7 Å². The van der Waals surface area contributed by atoms with Crippen molar-refractivity contribution >= 4 is 17.5 Å². The van der Waals surface area contributed by atoms with Gasteiger partial charge < -0.3 is 15.1 Å². The van der Waals surface area contributed by atoms with E-state index in [0.29, 0.717) is 0 Å². The first-order valence-corrected chi connectivity index (χ1v) is 9.93. The molecule has 4 nitrogen and oxygen atoms in total. The van der Waals surface area contributed by atoms with Crippen LogP contribution in [0.3, 0.4) is 0 Å². The van der Waals surface area contributed by atoms with Crippen molar-refractivity contribution in [2.24, 2.45) is 0 Å². The van der Waals surface area contributed by atoms with E-state index in [2.05, 4.69) is 22.2 Å². The summed E-state index contributed by atoms with van der Waals surface area (Å²) in [5.74, 6) is 0.200. The van der Waals surface area contributed by atoms with E-state index in [9.17, 15) is 4.79 Å². The lowest BCUT2D eigenvalue weighted by atomic mass is 9.78. The monoisotopic (exact) mass is 363 g/mol. The lowest BCUT2D eigenvalue weighted by Crippen LogP contribution is -2.46. The van der Waals surface area contributed by atoms with Crippen molar-refractivity contribution in [2.75, 3.05) is 46.3 Å². The van der Waals surface area contributed by atoms with Crippen LogP contribution >= 0.6 is 11.6 Å². The Bertz CT molecular complexity index is 561. The molecule has 1 heterocycles. The zero-order valence-electron chi connectivity index (χ0n) is 15.3. The molecule has 0 radical (unpaired) electrons. The summed E-state index contributed by atoms with van der Waals surface area (Å²) in [6.07, 6.45) is 5.15. The molecule has 25 heavy (non-hydrogen) atoms. The Morgan fingerprint density at radius 3 is 2.40 bits per heavy atom. The summed E-state index contributed by atoms with van der Waals surface area (Å²) in [4.78, 5) is 17.8. The molecule has 1 aromatic carbocycles. The van der Waals surface area contributed by atoms with Gasteiger partial charge in [-0.2, -0.15) is 0 Å². The highest BCUT2D eigenvalue weighted by molar-refractivity contribution is 6.30. The maximum absolute atomic E-state index is 13.0. The Balaban J connectivity index is 1.51. The summed E-state index contributed by atoms with van der Waals surface area (Å²) in [7, 11) is 2.18. The molecule has 5 heteroatoms. The molecule has 2 fully saturated rings. The smallest absolute Gasteiger partial charge is 0.230 e. The molecule has 1 saturated carbocycles. The zero-order chi connectivity index (χ0) is 17.7. The summed E-state index contributed by atoms with van der Waals surface area (Å²) in [5, 5.41) is 3.94. The van der Waals surface area contributed by atoms with Crippen molar-refractivity contribution in [3.05, 3.63) is 34.9 Å². The second kappa shape index (κ2) is 8.52. The van der Waals surface area contributed by atoms with Gasteiger partial charge in [0.15, 0.2) is 0 Å². The molecule has 1 aromatic rings. The van der Waals surface area contributed by atoms with Gasteiger partial charge in [0, 0.05) is 37.7 Å². The number of piperazine rings is 1. The third kappa shape index (κ3) is 4.55. The average Bonchev–Trinajstić information content (AvgIpc) is 3.12. The van der Waals surface area contributed by atoms with Gasteiger partial charge in [0.1, 0.15) is 0 Å². The molecule has 0 atom stereocenters. The second-order valence-corrected chi connectivity index (χ2v) is 7.99. The Labute approximate surface area is 156 Å². The highest BCUT2D eigenvalue weighted by Gasteiger charge is 2.42. The fourth-order valence-corrected chi connectivity index (χ4v) is 4.27. The number of carbonyl (C=O) groups is 1. The number of nitrogens with zero attached hydrogens (tertiary/aromatic N) is 2. The van der Waals surface area contributed by atoms with Gasteiger partial charge in [-0.1, -0.05) is 36.6 Å². The van der Waals surface area contributed by atoms with Gasteiger partial charge in [0.05, 0.1) is 5.41 Å². The first kappa shape index (κ1) is 18.7. The average molecular weight is 364 g/mol. The van der Waals surface area contributed by atoms with Crippen LogP contribution in [0, 0.1) is 0 Å². The Morgan fingerprint density at radius 2 is 1.76 bits per heavy atom. The highest BCUT2D eigenvalue weighted by Crippen LogP contribution is 2.41. The van der Waals surface area contributed by atoms with Crippen LogP contribution in [0.5, 0.6) is 0 Å². The molecule has 1 aliphatic carbocycles. The minimum Gasteiger partial charge on any atom is -0.355 e. The third-order valence-corrected chi connectivity index (χ3v) is 6.07. The quantitative estimate of drug-likeness (QED) is 0.789. The van der Waals surface area contributed by atoms with Crippen molar-refractivity contribution in [2.45, 2.75) is 37.5 Å². The molecule has 3 rings (SSSR count). The van der Waals surface area contributed by atoms with Crippen LogP contribution < -0.4 is 5.32 Å². The number of hydrogen-bond donors (Lipinski definition) is 1. The van der Waals surface area contributed by atoms with E-state index >= 15 is 0 Å². The largest absolute Gasteiger partial charge is 0.355 e. The summed E-state index contributed by atoms with van der Waals surface area (Å²) in [6, 6.07) is 7.85. The number of benzene rings is 1. The molecule has 1 N–H and O–H groups in total. The fourth-order valence-electron chi connectivity index (χ4n) is 4.14. The van der Waals surface area contributed by atoms with Crippen molar-refractivity contribution in [1.82, 2.24) is 15.1 Å². The topological polar surface area (TPSA) is 35.6 Å². The molecule has 2 aliphatic rings. The van der Waals surface area contributed by atoms with Crippen LogP contribution in [0.15, 0.2) is 24.3 Å². The number of carbonyl (C=O) groups excluding carboxylic acids is 1. The Kier molecular flexibility index (Phi) is 6.37. The van der Waals surface area contributed by atoms with Crippen molar-refractivity contribution < 1.29 is 4.79 Å². The van der Waals surface area contributed by atoms with Crippen molar-refractivity contribution in [3.8, 4) is 0 Å². The van der Waals surface area contributed by atoms with Crippen molar-refractivity contribution in [1.29, 1.82) is 0 Å². The minimum absolute atomic E-state index is 0.200. The lowest BCUT2D eigenvalue weighted by molar-refractivity contribution is -0.126. The molecule has 1 aliphatic heterocycles. The van der Waals surface area contributed by atoms with Crippen LogP contribution in [0.2, 0.25) is 5.02 Å². The first-order chi connectivity index (χ1) is 12.1. The van der Waals surface area contributed by atoms with Gasteiger partial charge in [0.2, 0.25) is 5.91 Å². The number of halogens is 1. The molecule has 1 saturated heterocycles. The summed E-state index contributed by atoms with van der Waals surface area (Å²) in [5.41, 5.74) is 0.768. The van der Waals surface area contributed by atoms with E-state index in [1.165, 1.54) is 0 Å². The molecule has 0 spiro atoms. The van der Waals surface area contributed by atoms with E-state index in [4.69, 9.17) is 11.6 Å². The number of hydrogen-bond acceptors (Lipinski definition) is 3. The van der Waals surface area contributed by atoms with E-state index in [0.717, 1.165) is 82.0 Å². The van der Waals surface area contributed by atoms with Gasteiger partial charge in [-0.25, -0.2) is 0 Å². The van der Waals surface area contributed by atoms with Crippen molar-refractivity contribution in [3.63, 3.8) is 0 Å². The van der Waals surface area contributed by atoms with Gasteiger partial charge in [-0.15, -0.1) is 0 Å². The van der Waals surface area contributed by atoms with Gasteiger partial charge in [-0.05, 0) is 50.6 Å². The van der Waals surface area contributed by atoms with Gasteiger partial charge in [-0.3, -0.25) is 4.79 Å². The zero-order valence-corrected chi connectivity index (χ0v) is 16.0. The lowest BCUT2D eigenvalue weighted by Gasteiger charge is -2.32. The Morgan fingerprint density at radius 1 is 1.12 bits per heavy atom. The van der Waals surface area contributed by atoms with Crippen LogP contribution in [-0.2, 0) is 10.2 Å². The molecule has 0 aromatic heterocycles. The Hall–Kier alpha value is -1.10. The highest BCUT2D eigenvalue weighted by atomic mass is 35.5. The third-order valence-electron chi connectivity index (χ3n) is 5.82.